The first kappa shape index (κ1) is 14.1. The van der Waals surface area contributed by atoms with Gasteiger partial charge in [0.15, 0.2) is 0 Å². The van der Waals surface area contributed by atoms with E-state index in [9.17, 15) is 4.79 Å². The van der Waals surface area contributed by atoms with E-state index in [0.717, 1.165) is 24.3 Å². The Morgan fingerprint density at radius 1 is 1.45 bits per heavy atom. The Morgan fingerprint density at radius 2 is 2.25 bits per heavy atom. The Morgan fingerprint density at radius 3 is 2.90 bits per heavy atom. The van der Waals surface area contributed by atoms with Crippen LogP contribution in [0.2, 0.25) is 0 Å². The second kappa shape index (κ2) is 6.23. The number of aromatic carboxylic acids is 1. The predicted molar refractivity (Wildman–Crippen MR) is 76.0 cm³/mol. The fourth-order valence-corrected chi connectivity index (χ4v) is 1.96. The summed E-state index contributed by atoms with van der Waals surface area (Å²) >= 11 is 0. The number of furan rings is 1. The number of nitrogens with zero attached hydrogens (tertiary/aromatic N) is 1. The second-order valence-corrected chi connectivity index (χ2v) is 4.82. The molecule has 0 bridgehead atoms. The normalized spacial score (nSPS) is 12.1. The number of hydrogen-bond donors (Lipinski definition) is 2. The molecule has 0 saturated heterocycles. The molecule has 0 spiro atoms. The molecule has 2 heterocycles. The van der Waals surface area contributed by atoms with Gasteiger partial charge in [-0.05, 0) is 44.5 Å². The van der Waals surface area contributed by atoms with Gasteiger partial charge in [0.1, 0.15) is 17.1 Å². The lowest BCUT2D eigenvalue weighted by Crippen LogP contribution is -2.19. The first-order valence-electron chi connectivity index (χ1n) is 6.56. The Labute approximate surface area is 117 Å². The quantitative estimate of drug-likeness (QED) is 0.846. The van der Waals surface area contributed by atoms with Crippen LogP contribution in [0.4, 0.5) is 5.82 Å². The van der Waals surface area contributed by atoms with Crippen LogP contribution in [0.1, 0.15) is 35.2 Å². The fraction of sp³-hybridized carbons (Fsp3) is 0.333. The van der Waals surface area contributed by atoms with E-state index in [-0.39, 0.29) is 11.6 Å². The zero-order chi connectivity index (χ0) is 14.5. The lowest BCUT2D eigenvalue weighted by atomic mass is 10.1. The summed E-state index contributed by atoms with van der Waals surface area (Å²) in [6, 6.07) is 7.17. The fourth-order valence-electron chi connectivity index (χ4n) is 1.96. The van der Waals surface area contributed by atoms with Crippen molar-refractivity contribution in [3.05, 3.63) is 47.5 Å². The zero-order valence-corrected chi connectivity index (χ0v) is 11.6. The highest BCUT2D eigenvalue weighted by Crippen LogP contribution is 2.16. The van der Waals surface area contributed by atoms with Crippen molar-refractivity contribution in [1.29, 1.82) is 0 Å². The van der Waals surface area contributed by atoms with Gasteiger partial charge in [-0.3, -0.25) is 0 Å². The molecule has 5 heteroatoms. The minimum Gasteiger partial charge on any atom is -0.478 e. The minimum absolute atomic E-state index is 0.104. The van der Waals surface area contributed by atoms with Gasteiger partial charge in [-0.2, -0.15) is 0 Å². The molecule has 2 aromatic rings. The smallest absolute Gasteiger partial charge is 0.339 e. The molecule has 0 aliphatic rings. The van der Waals surface area contributed by atoms with E-state index in [1.165, 1.54) is 0 Å². The molecule has 0 amide bonds. The van der Waals surface area contributed by atoms with Gasteiger partial charge in [0.2, 0.25) is 0 Å². The Kier molecular flexibility index (Phi) is 4.40. The number of nitrogens with one attached hydrogen (secondary N) is 1. The van der Waals surface area contributed by atoms with Gasteiger partial charge in [-0.15, -0.1) is 0 Å². The number of rotatable bonds is 6. The van der Waals surface area contributed by atoms with Crippen LogP contribution in [0.3, 0.4) is 0 Å². The molecule has 2 aromatic heterocycles. The summed E-state index contributed by atoms with van der Waals surface area (Å²) < 4.78 is 5.28. The van der Waals surface area contributed by atoms with Crippen LogP contribution in [0.5, 0.6) is 0 Å². The average Bonchev–Trinajstić information content (AvgIpc) is 2.89. The van der Waals surface area contributed by atoms with Crippen molar-refractivity contribution in [3.63, 3.8) is 0 Å². The first-order valence-corrected chi connectivity index (χ1v) is 6.56. The van der Waals surface area contributed by atoms with Crippen molar-refractivity contribution in [1.82, 2.24) is 4.98 Å². The van der Waals surface area contributed by atoms with E-state index in [4.69, 9.17) is 9.52 Å². The number of hydrogen-bond acceptors (Lipinski definition) is 4. The Bertz CT molecular complexity index is 579. The van der Waals surface area contributed by atoms with Gasteiger partial charge in [-0.25, -0.2) is 9.78 Å². The summed E-state index contributed by atoms with van der Waals surface area (Å²) in [5.41, 5.74) is 0.983. The zero-order valence-electron chi connectivity index (χ0n) is 11.6. The SMILES string of the molecule is Cc1ccc(C(=O)O)c(NC(C)CCc2ccco2)n1. The number of carboxylic acids is 1. The maximum Gasteiger partial charge on any atom is 0.339 e. The van der Waals surface area contributed by atoms with Gasteiger partial charge in [0, 0.05) is 18.2 Å². The van der Waals surface area contributed by atoms with E-state index >= 15 is 0 Å². The molecule has 0 aliphatic carbocycles. The number of carboxylic acid groups (broad SMARTS) is 1. The van der Waals surface area contributed by atoms with Gasteiger partial charge < -0.3 is 14.8 Å². The summed E-state index contributed by atoms with van der Waals surface area (Å²) in [5, 5.41) is 12.3. The summed E-state index contributed by atoms with van der Waals surface area (Å²) in [6.07, 6.45) is 3.29. The molecule has 106 valence electrons. The molecule has 5 nitrogen and oxygen atoms in total. The number of carbonyl (C=O) groups is 1. The predicted octanol–water partition coefficient (Wildman–Crippen LogP) is 3.11. The number of pyridine rings is 1. The average molecular weight is 274 g/mol. The molecule has 0 aliphatic heterocycles. The monoisotopic (exact) mass is 274 g/mol. The number of aryl methyl sites for hydroxylation is 2. The number of aromatic nitrogens is 1. The molecule has 1 atom stereocenters. The van der Waals surface area contributed by atoms with Crippen LogP contribution >= 0.6 is 0 Å². The minimum atomic E-state index is -0.974. The van der Waals surface area contributed by atoms with Crippen LogP contribution in [0.15, 0.2) is 34.9 Å². The van der Waals surface area contributed by atoms with Crippen molar-refractivity contribution < 1.29 is 14.3 Å². The molecule has 2 N–H and O–H groups in total. The molecule has 20 heavy (non-hydrogen) atoms. The molecule has 0 radical (unpaired) electrons. The Balaban J connectivity index is 2.01. The number of anilines is 1. The van der Waals surface area contributed by atoms with Crippen molar-refractivity contribution in [2.45, 2.75) is 32.7 Å². The van der Waals surface area contributed by atoms with E-state index in [2.05, 4.69) is 10.3 Å². The van der Waals surface area contributed by atoms with Crippen molar-refractivity contribution in [2.75, 3.05) is 5.32 Å². The van der Waals surface area contributed by atoms with Gasteiger partial charge >= 0.3 is 5.97 Å². The van der Waals surface area contributed by atoms with Crippen LogP contribution in [-0.2, 0) is 6.42 Å². The largest absolute Gasteiger partial charge is 0.478 e. The van der Waals surface area contributed by atoms with E-state index < -0.39 is 5.97 Å². The van der Waals surface area contributed by atoms with Gasteiger partial charge in [0.25, 0.3) is 0 Å². The summed E-state index contributed by atoms with van der Waals surface area (Å²) in [5.74, 6) is 0.372. The highest BCUT2D eigenvalue weighted by Gasteiger charge is 2.14. The van der Waals surface area contributed by atoms with E-state index in [0.29, 0.717) is 5.82 Å². The highest BCUT2D eigenvalue weighted by molar-refractivity contribution is 5.93. The molecular weight excluding hydrogens is 256 g/mol. The topological polar surface area (TPSA) is 75.4 Å². The summed E-state index contributed by atoms with van der Waals surface area (Å²) in [7, 11) is 0. The Hall–Kier alpha value is -2.30. The van der Waals surface area contributed by atoms with Crippen molar-refractivity contribution >= 4 is 11.8 Å². The highest BCUT2D eigenvalue weighted by atomic mass is 16.4. The van der Waals surface area contributed by atoms with Gasteiger partial charge in [0.05, 0.1) is 6.26 Å². The first-order chi connectivity index (χ1) is 9.56. The third-order valence-electron chi connectivity index (χ3n) is 3.05. The van der Waals surface area contributed by atoms with E-state index in [1.54, 1.807) is 18.4 Å². The molecule has 0 aromatic carbocycles. The lowest BCUT2D eigenvalue weighted by molar-refractivity contribution is 0.0697. The standard InChI is InChI=1S/C15H18N2O3/c1-10(5-7-12-4-3-9-20-12)16-14-13(15(18)19)8-6-11(2)17-14/h3-4,6,8-10H,5,7H2,1-2H3,(H,16,17)(H,18,19). The van der Waals surface area contributed by atoms with Crippen LogP contribution in [-0.4, -0.2) is 22.1 Å². The van der Waals surface area contributed by atoms with Gasteiger partial charge in [-0.1, -0.05) is 0 Å². The molecule has 2 rings (SSSR count). The molecule has 0 saturated carbocycles. The molecule has 1 unspecified atom stereocenters. The third-order valence-corrected chi connectivity index (χ3v) is 3.05. The molecule has 0 fully saturated rings. The van der Waals surface area contributed by atoms with Crippen LogP contribution in [0, 0.1) is 6.92 Å². The van der Waals surface area contributed by atoms with E-state index in [1.807, 2.05) is 26.0 Å². The van der Waals surface area contributed by atoms with Crippen molar-refractivity contribution in [3.8, 4) is 0 Å². The summed E-state index contributed by atoms with van der Waals surface area (Å²) in [4.78, 5) is 15.4. The second-order valence-electron chi connectivity index (χ2n) is 4.82. The van der Waals surface area contributed by atoms with Crippen LogP contribution < -0.4 is 5.32 Å². The lowest BCUT2D eigenvalue weighted by Gasteiger charge is -2.16. The summed E-state index contributed by atoms with van der Waals surface area (Å²) in [6.45, 7) is 3.84. The third kappa shape index (κ3) is 3.60. The van der Waals surface area contributed by atoms with Crippen molar-refractivity contribution in [2.24, 2.45) is 0 Å². The maximum atomic E-state index is 11.2. The van der Waals surface area contributed by atoms with Crippen LogP contribution in [0.25, 0.3) is 0 Å². The molecular formula is C15H18N2O3. The maximum absolute atomic E-state index is 11.2.